The van der Waals surface area contributed by atoms with E-state index in [9.17, 15) is 14.7 Å². The fourth-order valence-electron chi connectivity index (χ4n) is 3.92. The van der Waals surface area contributed by atoms with Gasteiger partial charge in [0, 0.05) is 26.1 Å². The molecule has 7 heteroatoms. The van der Waals surface area contributed by atoms with Crippen molar-refractivity contribution in [3.8, 4) is 0 Å². The standard InChI is InChI=1S/C17H29NO5.Na/c1-17(10-15(19)20,12-6-4-3-5-7-12)16(21)18-13-11-23-9-8-14(13)22-2;/h12-14H,3-11H2,1-2H3,(H,18,21)(H,19,20);/q;+1/p-1/t13-,14-,17?;/m1./s1. The number of nitrogens with one attached hydrogen (secondary N) is 1. The molecule has 1 aliphatic carbocycles. The Balaban J connectivity index is 0.00000288. The summed E-state index contributed by atoms with van der Waals surface area (Å²) in [7, 11) is 1.62. The Morgan fingerprint density at radius 3 is 2.50 bits per heavy atom. The first-order valence-electron chi connectivity index (χ1n) is 8.58. The molecule has 1 saturated heterocycles. The summed E-state index contributed by atoms with van der Waals surface area (Å²) in [6, 6.07) is -0.231. The van der Waals surface area contributed by atoms with E-state index in [0.717, 1.165) is 38.5 Å². The minimum absolute atomic E-state index is 0. The first kappa shape index (κ1) is 21.9. The van der Waals surface area contributed by atoms with Crippen molar-refractivity contribution in [2.75, 3.05) is 20.3 Å². The number of carbonyl (C=O) groups is 2. The molecule has 2 rings (SSSR count). The number of methoxy groups -OCH3 is 1. The van der Waals surface area contributed by atoms with Crippen LogP contribution in [0.15, 0.2) is 0 Å². The Morgan fingerprint density at radius 1 is 1.25 bits per heavy atom. The molecule has 0 aromatic heterocycles. The molecule has 3 atom stereocenters. The monoisotopic (exact) mass is 349 g/mol. The molecule has 1 heterocycles. The van der Waals surface area contributed by atoms with Gasteiger partial charge in [-0.2, -0.15) is 0 Å². The quantitative estimate of drug-likeness (QED) is 0.542. The SMILES string of the molecule is CO[C@@H]1CCOC[C@H]1NC(=O)C(C)(CC(=O)[O-])C1CCCCC1.[Na+]. The zero-order chi connectivity index (χ0) is 16.9. The van der Waals surface area contributed by atoms with Crippen molar-refractivity contribution in [1.82, 2.24) is 5.32 Å². The molecule has 0 aromatic rings. The van der Waals surface area contributed by atoms with Gasteiger partial charge in [0.1, 0.15) is 0 Å². The first-order valence-corrected chi connectivity index (χ1v) is 8.58. The van der Waals surface area contributed by atoms with Gasteiger partial charge < -0.3 is 24.7 Å². The maximum Gasteiger partial charge on any atom is 1.00 e. The molecule has 1 saturated carbocycles. The number of hydrogen-bond acceptors (Lipinski definition) is 5. The molecule has 0 aromatic carbocycles. The van der Waals surface area contributed by atoms with Crippen molar-refractivity contribution < 1.29 is 53.7 Å². The van der Waals surface area contributed by atoms with Crippen LogP contribution in [0.2, 0.25) is 0 Å². The molecule has 0 spiro atoms. The summed E-state index contributed by atoms with van der Waals surface area (Å²) in [5, 5.41) is 14.2. The number of amides is 1. The third-order valence-corrected chi connectivity index (χ3v) is 5.45. The first-order chi connectivity index (χ1) is 11.0. The number of carboxylic acid groups (broad SMARTS) is 1. The molecule has 1 aliphatic heterocycles. The fraction of sp³-hybridized carbons (Fsp3) is 0.882. The van der Waals surface area contributed by atoms with Gasteiger partial charge in [-0.25, -0.2) is 0 Å². The third kappa shape index (κ3) is 5.43. The molecule has 24 heavy (non-hydrogen) atoms. The van der Waals surface area contributed by atoms with Crippen LogP contribution < -0.4 is 40.0 Å². The predicted molar refractivity (Wildman–Crippen MR) is 82.5 cm³/mol. The van der Waals surface area contributed by atoms with E-state index in [1.54, 1.807) is 14.0 Å². The molecule has 0 bridgehead atoms. The number of rotatable bonds is 6. The van der Waals surface area contributed by atoms with Crippen LogP contribution in [0.1, 0.15) is 51.9 Å². The minimum atomic E-state index is -1.17. The minimum Gasteiger partial charge on any atom is -0.550 e. The third-order valence-electron chi connectivity index (χ3n) is 5.45. The molecule has 2 fully saturated rings. The molecule has 0 radical (unpaired) electrons. The van der Waals surface area contributed by atoms with Gasteiger partial charge in [0.25, 0.3) is 0 Å². The number of aliphatic carboxylic acids is 1. The average molecular weight is 349 g/mol. The van der Waals surface area contributed by atoms with E-state index in [1.165, 1.54) is 0 Å². The Kier molecular flexibility index (Phi) is 9.23. The van der Waals surface area contributed by atoms with Crippen molar-refractivity contribution in [2.24, 2.45) is 11.3 Å². The van der Waals surface area contributed by atoms with E-state index < -0.39 is 11.4 Å². The largest absolute Gasteiger partial charge is 1.00 e. The second-order valence-corrected chi connectivity index (χ2v) is 7.02. The number of ether oxygens (including phenoxy) is 2. The Labute approximate surface area is 166 Å². The molecule has 1 amide bonds. The van der Waals surface area contributed by atoms with Crippen LogP contribution in [0.25, 0.3) is 0 Å². The number of carbonyl (C=O) groups excluding carboxylic acids is 2. The summed E-state index contributed by atoms with van der Waals surface area (Å²) < 4.78 is 10.9. The van der Waals surface area contributed by atoms with Crippen LogP contribution in [-0.4, -0.2) is 44.3 Å². The number of hydrogen-bond donors (Lipinski definition) is 1. The van der Waals surface area contributed by atoms with E-state index in [2.05, 4.69) is 5.32 Å². The van der Waals surface area contributed by atoms with Gasteiger partial charge >= 0.3 is 29.6 Å². The summed E-state index contributed by atoms with van der Waals surface area (Å²) in [5.41, 5.74) is -0.936. The van der Waals surface area contributed by atoms with Gasteiger partial charge in [-0.15, -0.1) is 0 Å². The van der Waals surface area contributed by atoms with Crippen LogP contribution in [-0.2, 0) is 19.1 Å². The van der Waals surface area contributed by atoms with Gasteiger partial charge in [-0.3, -0.25) is 4.79 Å². The van der Waals surface area contributed by atoms with Gasteiger partial charge in [-0.1, -0.05) is 26.2 Å². The second-order valence-electron chi connectivity index (χ2n) is 7.02. The fourth-order valence-corrected chi connectivity index (χ4v) is 3.92. The molecule has 2 aliphatic rings. The van der Waals surface area contributed by atoms with Crippen LogP contribution in [0.5, 0.6) is 0 Å². The average Bonchev–Trinajstić information content (AvgIpc) is 2.55. The van der Waals surface area contributed by atoms with E-state index in [0.29, 0.717) is 13.2 Å². The summed E-state index contributed by atoms with van der Waals surface area (Å²) in [6.07, 6.45) is 5.43. The molecule has 6 nitrogen and oxygen atoms in total. The molecule has 132 valence electrons. The predicted octanol–water partition coefficient (Wildman–Crippen LogP) is -2.36. The van der Waals surface area contributed by atoms with E-state index in [-0.39, 0.29) is 59.9 Å². The second kappa shape index (κ2) is 10.1. The summed E-state index contributed by atoms with van der Waals surface area (Å²) in [6.45, 7) is 2.78. The van der Waals surface area contributed by atoms with Crippen LogP contribution in [0.4, 0.5) is 0 Å². The van der Waals surface area contributed by atoms with E-state index >= 15 is 0 Å². The molecular formula is C17H28NNaO5. The van der Waals surface area contributed by atoms with Crippen LogP contribution >= 0.6 is 0 Å². The van der Waals surface area contributed by atoms with Crippen molar-refractivity contribution in [1.29, 1.82) is 0 Å². The van der Waals surface area contributed by atoms with Crippen molar-refractivity contribution in [3.05, 3.63) is 0 Å². The summed E-state index contributed by atoms with van der Waals surface area (Å²) >= 11 is 0. The molecule has 1 N–H and O–H groups in total. The van der Waals surface area contributed by atoms with E-state index in [4.69, 9.17) is 9.47 Å². The van der Waals surface area contributed by atoms with Gasteiger partial charge in [-0.05, 0) is 25.2 Å². The van der Waals surface area contributed by atoms with Gasteiger partial charge in [0.2, 0.25) is 5.91 Å². The van der Waals surface area contributed by atoms with Crippen molar-refractivity contribution >= 4 is 11.9 Å². The zero-order valence-corrected chi connectivity index (χ0v) is 17.1. The Bertz CT molecular complexity index is 427. The summed E-state index contributed by atoms with van der Waals surface area (Å²) in [5.74, 6) is -1.30. The topological polar surface area (TPSA) is 87.7 Å². The van der Waals surface area contributed by atoms with Crippen molar-refractivity contribution in [3.63, 3.8) is 0 Å². The van der Waals surface area contributed by atoms with Gasteiger partial charge in [0.15, 0.2) is 0 Å². The maximum absolute atomic E-state index is 12.9. The normalized spacial score (nSPS) is 27.6. The smallest absolute Gasteiger partial charge is 0.550 e. The molecular weight excluding hydrogens is 321 g/mol. The van der Waals surface area contributed by atoms with Crippen LogP contribution in [0.3, 0.4) is 0 Å². The van der Waals surface area contributed by atoms with Crippen LogP contribution in [0, 0.1) is 11.3 Å². The number of carboxylic acids is 1. The Hall–Kier alpha value is -0.140. The van der Waals surface area contributed by atoms with E-state index in [1.807, 2.05) is 0 Å². The van der Waals surface area contributed by atoms with Gasteiger partial charge in [0.05, 0.1) is 24.2 Å². The van der Waals surface area contributed by atoms with Crippen molar-refractivity contribution in [2.45, 2.75) is 64.0 Å². The Morgan fingerprint density at radius 2 is 1.92 bits per heavy atom. The zero-order valence-electron chi connectivity index (χ0n) is 15.1. The summed E-state index contributed by atoms with van der Waals surface area (Å²) in [4.78, 5) is 24.2. The maximum atomic E-state index is 12.9. The molecule has 1 unspecified atom stereocenters.